The number of anilines is 1. The van der Waals surface area contributed by atoms with Crippen LogP contribution in [0.15, 0.2) is 12.1 Å². The van der Waals surface area contributed by atoms with E-state index in [1.807, 2.05) is 0 Å². The second-order valence-electron chi connectivity index (χ2n) is 5.22. The van der Waals surface area contributed by atoms with Gasteiger partial charge in [-0.2, -0.15) is 0 Å². The van der Waals surface area contributed by atoms with Crippen molar-refractivity contribution >= 4 is 5.69 Å². The number of ether oxygens (including phenoxy) is 1. The molecule has 0 saturated heterocycles. The highest BCUT2D eigenvalue weighted by Gasteiger charge is 2.13. The van der Waals surface area contributed by atoms with E-state index in [-0.39, 0.29) is 0 Å². The van der Waals surface area contributed by atoms with Gasteiger partial charge in [-0.1, -0.05) is 6.07 Å². The lowest BCUT2D eigenvalue weighted by Crippen LogP contribution is -2.20. The molecule has 1 aliphatic rings. The molecular weight excluding hydrogens is 224 g/mol. The summed E-state index contributed by atoms with van der Waals surface area (Å²) in [7, 11) is 3.94. The van der Waals surface area contributed by atoms with Gasteiger partial charge in [0.2, 0.25) is 0 Å². The minimum Gasteiger partial charge on any atom is -0.398 e. The standard InChI is InChI=1S/C15H24N2O/c1-17-7-5-12-10-14(4-3-9-18-2)15(16)11-13(12)6-8-17/h10-11H,3-9,16H2,1-2H3. The van der Waals surface area contributed by atoms with Crippen LogP contribution >= 0.6 is 0 Å². The Morgan fingerprint density at radius 3 is 2.56 bits per heavy atom. The van der Waals surface area contributed by atoms with Gasteiger partial charge in [-0.05, 0) is 55.5 Å². The van der Waals surface area contributed by atoms with E-state index < -0.39 is 0 Å². The maximum atomic E-state index is 6.16. The Labute approximate surface area is 110 Å². The topological polar surface area (TPSA) is 38.5 Å². The summed E-state index contributed by atoms with van der Waals surface area (Å²) in [5, 5.41) is 0. The van der Waals surface area contributed by atoms with Crippen molar-refractivity contribution in [2.75, 3.05) is 39.6 Å². The lowest BCUT2D eigenvalue weighted by Gasteiger charge is -2.12. The van der Waals surface area contributed by atoms with Gasteiger partial charge in [-0.15, -0.1) is 0 Å². The van der Waals surface area contributed by atoms with Crippen molar-refractivity contribution in [3.8, 4) is 0 Å². The zero-order valence-corrected chi connectivity index (χ0v) is 11.5. The van der Waals surface area contributed by atoms with Gasteiger partial charge in [0.15, 0.2) is 0 Å². The number of hydrogen-bond acceptors (Lipinski definition) is 3. The summed E-state index contributed by atoms with van der Waals surface area (Å²) in [4.78, 5) is 2.39. The number of rotatable bonds is 4. The summed E-state index contributed by atoms with van der Waals surface area (Å²) in [5.41, 5.74) is 11.3. The highest BCUT2D eigenvalue weighted by Crippen LogP contribution is 2.23. The van der Waals surface area contributed by atoms with Crippen molar-refractivity contribution in [3.63, 3.8) is 0 Å². The smallest absolute Gasteiger partial charge is 0.0465 e. The van der Waals surface area contributed by atoms with Crippen LogP contribution in [0.5, 0.6) is 0 Å². The van der Waals surface area contributed by atoms with Gasteiger partial charge >= 0.3 is 0 Å². The molecule has 0 bridgehead atoms. The largest absolute Gasteiger partial charge is 0.398 e. The normalized spacial score (nSPS) is 16.3. The monoisotopic (exact) mass is 248 g/mol. The molecule has 0 spiro atoms. The second-order valence-corrected chi connectivity index (χ2v) is 5.22. The van der Waals surface area contributed by atoms with E-state index in [9.17, 15) is 0 Å². The molecule has 1 aliphatic heterocycles. The first kappa shape index (κ1) is 13.4. The number of benzene rings is 1. The number of nitrogens with two attached hydrogens (primary N) is 1. The third kappa shape index (κ3) is 3.24. The van der Waals surface area contributed by atoms with Crippen LogP contribution < -0.4 is 5.73 Å². The summed E-state index contributed by atoms with van der Waals surface area (Å²) in [6, 6.07) is 4.51. The molecule has 1 aromatic rings. The molecule has 2 N–H and O–H groups in total. The molecule has 1 heterocycles. The molecule has 0 aromatic heterocycles. The van der Waals surface area contributed by atoms with Crippen molar-refractivity contribution in [2.24, 2.45) is 0 Å². The minimum absolute atomic E-state index is 0.805. The van der Waals surface area contributed by atoms with Crippen molar-refractivity contribution in [1.82, 2.24) is 4.90 Å². The van der Waals surface area contributed by atoms with E-state index in [1.165, 1.54) is 16.7 Å². The molecule has 18 heavy (non-hydrogen) atoms. The molecule has 1 aromatic carbocycles. The zero-order valence-electron chi connectivity index (χ0n) is 11.5. The molecule has 0 atom stereocenters. The molecule has 3 nitrogen and oxygen atoms in total. The third-order valence-corrected chi connectivity index (χ3v) is 3.78. The minimum atomic E-state index is 0.805. The Bertz CT molecular complexity index is 404. The predicted molar refractivity (Wildman–Crippen MR) is 76.0 cm³/mol. The number of nitrogens with zero attached hydrogens (tertiary/aromatic N) is 1. The number of aryl methyl sites for hydroxylation is 1. The average Bonchev–Trinajstić information content (AvgIpc) is 2.53. The fraction of sp³-hybridized carbons (Fsp3) is 0.600. The first-order valence-electron chi connectivity index (χ1n) is 6.78. The molecule has 3 heteroatoms. The van der Waals surface area contributed by atoms with Gasteiger partial charge in [0.25, 0.3) is 0 Å². The number of methoxy groups -OCH3 is 1. The molecule has 100 valence electrons. The lowest BCUT2D eigenvalue weighted by atomic mass is 9.96. The van der Waals surface area contributed by atoms with E-state index in [2.05, 4.69) is 24.1 Å². The molecule has 0 amide bonds. The van der Waals surface area contributed by atoms with Gasteiger partial charge in [-0.3, -0.25) is 0 Å². The van der Waals surface area contributed by atoms with E-state index in [1.54, 1.807) is 7.11 Å². The Hall–Kier alpha value is -1.06. The van der Waals surface area contributed by atoms with E-state index in [0.29, 0.717) is 0 Å². The Morgan fingerprint density at radius 2 is 1.89 bits per heavy atom. The van der Waals surface area contributed by atoms with Crippen LogP contribution in [0.2, 0.25) is 0 Å². The summed E-state index contributed by atoms with van der Waals surface area (Å²) >= 11 is 0. The van der Waals surface area contributed by atoms with Crippen molar-refractivity contribution < 1.29 is 4.74 Å². The fourth-order valence-electron chi connectivity index (χ4n) is 2.58. The van der Waals surface area contributed by atoms with Crippen molar-refractivity contribution in [3.05, 3.63) is 28.8 Å². The second kappa shape index (κ2) is 6.21. The predicted octanol–water partition coefficient (Wildman–Crippen LogP) is 1.88. The van der Waals surface area contributed by atoms with Gasteiger partial charge in [0.1, 0.15) is 0 Å². The van der Waals surface area contributed by atoms with E-state index >= 15 is 0 Å². The van der Waals surface area contributed by atoms with Crippen LogP contribution in [0.3, 0.4) is 0 Å². The Morgan fingerprint density at radius 1 is 1.22 bits per heavy atom. The van der Waals surface area contributed by atoms with Crippen LogP contribution in [-0.4, -0.2) is 38.8 Å². The van der Waals surface area contributed by atoms with E-state index in [0.717, 1.165) is 51.1 Å². The lowest BCUT2D eigenvalue weighted by molar-refractivity contribution is 0.195. The number of fused-ring (bicyclic) bond motifs is 1. The number of nitrogen functional groups attached to an aromatic ring is 1. The Kier molecular flexibility index (Phi) is 4.61. The Balaban J connectivity index is 2.14. The molecule has 2 rings (SSSR count). The summed E-state index contributed by atoms with van der Waals surface area (Å²) < 4.78 is 5.10. The van der Waals surface area contributed by atoms with Crippen LogP contribution in [0.1, 0.15) is 23.1 Å². The summed E-state index contributed by atoms with van der Waals surface area (Å²) in [5.74, 6) is 0. The number of hydrogen-bond donors (Lipinski definition) is 1. The SMILES string of the molecule is COCCCc1cc2c(cc1N)CCN(C)CC2. The van der Waals surface area contributed by atoms with Crippen LogP contribution in [0, 0.1) is 0 Å². The molecular formula is C15H24N2O. The maximum absolute atomic E-state index is 6.16. The molecule has 0 aliphatic carbocycles. The first-order valence-corrected chi connectivity index (χ1v) is 6.78. The van der Waals surface area contributed by atoms with Gasteiger partial charge in [0.05, 0.1) is 0 Å². The maximum Gasteiger partial charge on any atom is 0.0465 e. The quantitative estimate of drug-likeness (QED) is 0.653. The van der Waals surface area contributed by atoms with E-state index in [4.69, 9.17) is 10.5 Å². The molecule has 0 radical (unpaired) electrons. The third-order valence-electron chi connectivity index (χ3n) is 3.78. The fourth-order valence-corrected chi connectivity index (χ4v) is 2.58. The van der Waals surface area contributed by atoms with Gasteiger partial charge in [0, 0.05) is 32.5 Å². The van der Waals surface area contributed by atoms with Gasteiger partial charge < -0.3 is 15.4 Å². The van der Waals surface area contributed by atoms with Gasteiger partial charge in [-0.25, -0.2) is 0 Å². The van der Waals surface area contributed by atoms with Crippen molar-refractivity contribution in [2.45, 2.75) is 25.7 Å². The highest BCUT2D eigenvalue weighted by atomic mass is 16.5. The summed E-state index contributed by atoms with van der Waals surface area (Å²) in [6.07, 6.45) is 4.32. The van der Waals surface area contributed by atoms with Crippen LogP contribution in [-0.2, 0) is 24.0 Å². The molecule has 0 fully saturated rings. The highest BCUT2D eigenvalue weighted by molar-refractivity contribution is 5.52. The average molecular weight is 248 g/mol. The molecule has 0 unspecified atom stereocenters. The van der Waals surface area contributed by atoms with Crippen LogP contribution in [0.25, 0.3) is 0 Å². The van der Waals surface area contributed by atoms with Crippen molar-refractivity contribution in [1.29, 1.82) is 0 Å². The summed E-state index contributed by atoms with van der Waals surface area (Å²) in [6.45, 7) is 3.09. The zero-order chi connectivity index (χ0) is 13.0. The number of likely N-dealkylation sites (N-methyl/N-ethyl adjacent to an activating group) is 1. The first-order chi connectivity index (χ1) is 8.70. The van der Waals surface area contributed by atoms with Crippen LogP contribution in [0.4, 0.5) is 5.69 Å². The molecule has 0 saturated carbocycles.